The van der Waals surface area contributed by atoms with Crippen molar-refractivity contribution in [2.24, 2.45) is 11.8 Å². The van der Waals surface area contributed by atoms with E-state index >= 15 is 0 Å². The van der Waals surface area contributed by atoms with Gasteiger partial charge in [-0.2, -0.15) is 11.8 Å². The monoisotopic (exact) mass is 342 g/mol. The molecule has 4 atom stereocenters. The van der Waals surface area contributed by atoms with Crippen LogP contribution < -0.4 is 0 Å². The largest absolute Gasteiger partial charge is 0.377 e. The fourth-order valence-corrected chi connectivity index (χ4v) is 5.07. The van der Waals surface area contributed by atoms with Gasteiger partial charge in [-0.05, 0) is 31.1 Å². The first-order chi connectivity index (χ1) is 11.1. The number of ether oxygens (including phenoxy) is 1. The summed E-state index contributed by atoms with van der Waals surface area (Å²) in [5, 5.41) is 1.00. The lowest BCUT2D eigenvalue weighted by molar-refractivity contribution is -0.107. The van der Waals surface area contributed by atoms with Crippen molar-refractivity contribution in [1.82, 2.24) is 0 Å². The van der Waals surface area contributed by atoms with Gasteiger partial charge in [0.2, 0.25) is 0 Å². The molecule has 0 spiro atoms. The number of rotatable bonds is 12. The van der Waals surface area contributed by atoms with Crippen molar-refractivity contribution >= 4 is 18.0 Å². The van der Waals surface area contributed by atoms with E-state index in [4.69, 9.17) is 4.74 Å². The highest BCUT2D eigenvalue weighted by Crippen LogP contribution is 2.36. The minimum Gasteiger partial charge on any atom is -0.377 e. The van der Waals surface area contributed by atoms with E-state index in [1.165, 1.54) is 51.4 Å². The number of hydrogen-bond acceptors (Lipinski definition) is 3. The molecule has 3 heteroatoms. The first-order valence-corrected chi connectivity index (χ1v) is 10.7. The highest BCUT2D eigenvalue weighted by Gasteiger charge is 2.31. The summed E-state index contributed by atoms with van der Waals surface area (Å²) in [6.07, 6.45) is 12.3. The van der Waals surface area contributed by atoms with Crippen LogP contribution in [0.3, 0.4) is 0 Å². The molecule has 1 heterocycles. The minimum atomic E-state index is 0.373. The number of carbonyl (C=O) groups is 1. The Morgan fingerprint density at radius 2 is 1.96 bits per heavy atom. The molecular weight excluding hydrogens is 304 g/mol. The van der Waals surface area contributed by atoms with Gasteiger partial charge in [-0.15, -0.1) is 0 Å². The average Bonchev–Trinajstić information content (AvgIpc) is 2.51. The molecule has 0 N–H and O–H groups in total. The van der Waals surface area contributed by atoms with Crippen molar-refractivity contribution in [1.29, 1.82) is 0 Å². The first-order valence-electron chi connectivity index (χ1n) is 9.79. The molecule has 1 aliphatic rings. The van der Waals surface area contributed by atoms with Crippen LogP contribution >= 0.6 is 11.8 Å². The van der Waals surface area contributed by atoms with Gasteiger partial charge >= 0.3 is 0 Å². The lowest BCUT2D eigenvalue weighted by atomic mass is 9.92. The first kappa shape index (κ1) is 21.0. The van der Waals surface area contributed by atoms with E-state index in [9.17, 15) is 4.79 Å². The van der Waals surface area contributed by atoms with Crippen LogP contribution in [0.1, 0.15) is 85.5 Å². The van der Waals surface area contributed by atoms with E-state index in [0.717, 1.165) is 18.8 Å². The standard InChI is InChI=1S/C20H38O2S/c1-5-6-7-8-9-10-18(11-13-21)23-20(16(2)3)19-15-17(4)12-14-22-19/h13,16-20H,5-12,14-15H2,1-4H3. The number of unbranched alkanes of at least 4 members (excludes halogenated alkanes) is 4. The maximum absolute atomic E-state index is 11.1. The SMILES string of the molecule is CCCCCCCC(CC=O)SC(C(C)C)C1CC(C)CCO1. The van der Waals surface area contributed by atoms with Gasteiger partial charge in [-0.1, -0.05) is 59.8 Å². The van der Waals surface area contributed by atoms with E-state index in [0.29, 0.717) is 28.9 Å². The van der Waals surface area contributed by atoms with Crippen molar-refractivity contribution in [2.45, 2.75) is 102 Å². The van der Waals surface area contributed by atoms with E-state index in [1.807, 2.05) is 11.8 Å². The second-order valence-corrected chi connectivity index (χ2v) is 9.09. The number of aldehydes is 1. The number of carbonyl (C=O) groups excluding carboxylic acids is 1. The van der Waals surface area contributed by atoms with E-state index in [2.05, 4.69) is 27.7 Å². The molecule has 136 valence electrons. The predicted molar refractivity (Wildman–Crippen MR) is 102 cm³/mol. The number of hydrogen-bond donors (Lipinski definition) is 0. The molecule has 1 fully saturated rings. The normalized spacial score (nSPS) is 24.6. The summed E-state index contributed by atoms with van der Waals surface area (Å²) in [6.45, 7) is 10.1. The quantitative estimate of drug-likeness (QED) is 0.327. The lowest BCUT2D eigenvalue weighted by Gasteiger charge is -2.36. The van der Waals surface area contributed by atoms with Crippen molar-refractivity contribution < 1.29 is 9.53 Å². The van der Waals surface area contributed by atoms with Gasteiger partial charge in [0.05, 0.1) is 6.10 Å². The summed E-state index contributed by atoms with van der Waals surface area (Å²) in [7, 11) is 0. The second-order valence-electron chi connectivity index (χ2n) is 7.61. The summed E-state index contributed by atoms with van der Waals surface area (Å²) in [6, 6.07) is 0. The lowest BCUT2D eigenvalue weighted by Crippen LogP contribution is -2.37. The molecule has 0 radical (unpaired) electrons. The van der Waals surface area contributed by atoms with Crippen LogP contribution in [0.15, 0.2) is 0 Å². The smallest absolute Gasteiger partial charge is 0.121 e. The van der Waals surface area contributed by atoms with Crippen LogP contribution in [0.2, 0.25) is 0 Å². The Kier molecular flexibility index (Phi) is 11.3. The van der Waals surface area contributed by atoms with Gasteiger partial charge in [0.1, 0.15) is 6.29 Å². The summed E-state index contributed by atoms with van der Waals surface area (Å²) < 4.78 is 6.10. The van der Waals surface area contributed by atoms with Crippen LogP contribution in [0.5, 0.6) is 0 Å². The predicted octanol–water partition coefficient (Wildman–Crippen LogP) is 5.88. The van der Waals surface area contributed by atoms with Gasteiger partial charge in [0.25, 0.3) is 0 Å². The van der Waals surface area contributed by atoms with Crippen molar-refractivity contribution in [3.05, 3.63) is 0 Å². The Balaban J connectivity index is 2.49. The molecule has 1 rings (SSSR count). The molecule has 2 nitrogen and oxygen atoms in total. The molecule has 1 saturated heterocycles. The van der Waals surface area contributed by atoms with Gasteiger partial charge in [-0.25, -0.2) is 0 Å². The van der Waals surface area contributed by atoms with E-state index in [1.54, 1.807) is 0 Å². The molecule has 0 bridgehead atoms. The Morgan fingerprint density at radius 1 is 1.22 bits per heavy atom. The molecule has 23 heavy (non-hydrogen) atoms. The van der Waals surface area contributed by atoms with Crippen LogP contribution in [-0.4, -0.2) is 29.5 Å². The zero-order chi connectivity index (χ0) is 17.1. The summed E-state index contributed by atoms with van der Waals surface area (Å²) in [4.78, 5) is 11.1. The molecule has 0 aromatic carbocycles. The summed E-state index contributed by atoms with van der Waals surface area (Å²) in [5.74, 6) is 1.37. The fraction of sp³-hybridized carbons (Fsp3) is 0.950. The third-order valence-electron chi connectivity index (χ3n) is 4.94. The molecule has 1 aliphatic heterocycles. The van der Waals surface area contributed by atoms with Gasteiger partial charge in [-0.3, -0.25) is 0 Å². The van der Waals surface area contributed by atoms with Crippen LogP contribution in [0, 0.1) is 11.8 Å². The van der Waals surface area contributed by atoms with E-state index in [-0.39, 0.29) is 0 Å². The third kappa shape index (κ3) is 8.58. The zero-order valence-corrected chi connectivity index (χ0v) is 16.6. The molecule has 0 aromatic rings. The summed E-state index contributed by atoms with van der Waals surface area (Å²) in [5.41, 5.74) is 0. The Hall–Kier alpha value is -0.0200. The highest BCUT2D eigenvalue weighted by atomic mass is 32.2. The molecule has 0 aromatic heterocycles. The van der Waals surface area contributed by atoms with Gasteiger partial charge in [0.15, 0.2) is 0 Å². The fourth-order valence-electron chi connectivity index (χ4n) is 3.45. The molecule has 4 unspecified atom stereocenters. The van der Waals surface area contributed by atoms with Gasteiger partial charge in [0, 0.05) is 23.5 Å². The maximum atomic E-state index is 11.1. The Morgan fingerprint density at radius 3 is 2.57 bits per heavy atom. The second kappa shape index (κ2) is 12.4. The van der Waals surface area contributed by atoms with Crippen LogP contribution in [0.4, 0.5) is 0 Å². The van der Waals surface area contributed by atoms with E-state index < -0.39 is 0 Å². The highest BCUT2D eigenvalue weighted by molar-refractivity contribution is 8.00. The molecule has 0 amide bonds. The molecular formula is C20H38O2S. The molecule has 0 saturated carbocycles. The average molecular weight is 343 g/mol. The topological polar surface area (TPSA) is 26.3 Å². The van der Waals surface area contributed by atoms with Crippen molar-refractivity contribution in [2.75, 3.05) is 6.61 Å². The van der Waals surface area contributed by atoms with Crippen LogP contribution in [0.25, 0.3) is 0 Å². The maximum Gasteiger partial charge on any atom is 0.121 e. The third-order valence-corrected chi connectivity index (χ3v) is 6.91. The number of thioether (sulfide) groups is 1. The Labute approximate surface area is 148 Å². The van der Waals surface area contributed by atoms with Crippen molar-refractivity contribution in [3.8, 4) is 0 Å². The minimum absolute atomic E-state index is 0.373. The van der Waals surface area contributed by atoms with Crippen LogP contribution in [-0.2, 0) is 9.53 Å². The molecule has 0 aliphatic carbocycles. The summed E-state index contributed by atoms with van der Waals surface area (Å²) >= 11 is 2.04. The van der Waals surface area contributed by atoms with Gasteiger partial charge < -0.3 is 9.53 Å². The van der Waals surface area contributed by atoms with Crippen molar-refractivity contribution in [3.63, 3.8) is 0 Å². The zero-order valence-electron chi connectivity index (χ0n) is 15.8. The Bertz CT molecular complexity index is 306.